The molecule has 23 heavy (non-hydrogen) atoms. The van der Waals surface area contributed by atoms with Crippen LogP contribution in [0.1, 0.15) is 24.0 Å². The van der Waals surface area contributed by atoms with E-state index in [4.69, 9.17) is 0 Å². The van der Waals surface area contributed by atoms with E-state index in [1.165, 1.54) is 11.1 Å². The second kappa shape index (κ2) is 5.76. The van der Waals surface area contributed by atoms with Gasteiger partial charge < -0.3 is 4.90 Å². The molecule has 0 fully saturated rings. The molecule has 0 amide bonds. The van der Waals surface area contributed by atoms with Crippen molar-refractivity contribution in [2.24, 2.45) is 0 Å². The van der Waals surface area contributed by atoms with Crippen LogP contribution in [0.2, 0.25) is 0 Å². The summed E-state index contributed by atoms with van der Waals surface area (Å²) >= 11 is 0. The molecule has 0 saturated carbocycles. The van der Waals surface area contributed by atoms with Gasteiger partial charge in [-0.15, -0.1) is 0 Å². The molecule has 1 unspecified atom stereocenters. The molecule has 0 spiro atoms. The number of aromatic nitrogens is 4. The first-order valence-electron chi connectivity index (χ1n) is 7.73. The van der Waals surface area contributed by atoms with Crippen molar-refractivity contribution in [3.05, 3.63) is 66.2 Å². The molecule has 2 aromatic heterocycles. The first-order chi connectivity index (χ1) is 11.3. The van der Waals surface area contributed by atoms with Gasteiger partial charge in [0.1, 0.15) is 0 Å². The normalized spacial score (nSPS) is 16.9. The van der Waals surface area contributed by atoms with Crippen LogP contribution in [0.5, 0.6) is 0 Å². The van der Waals surface area contributed by atoms with Crippen LogP contribution in [0.4, 0.5) is 5.69 Å². The minimum Gasteiger partial charge on any atom is -0.364 e. The van der Waals surface area contributed by atoms with Crippen molar-refractivity contribution in [2.75, 3.05) is 11.4 Å². The minimum absolute atomic E-state index is 0.497. The highest BCUT2D eigenvalue weighted by atomic mass is 15.2. The van der Waals surface area contributed by atoms with E-state index >= 15 is 0 Å². The van der Waals surface area contributed by atoms with E-state index in [2.05, 4.69) is 56.0 Å². The standard InChI is InChI=1S/C18H17N5/c1-13-11-23(12-14-5-2-3-6-16(13)14)15-9-21-18(22-10-15)17-19-7-4-8-20-17/h2-10,13H,11-12H2,1H3. The zero-order valence-corrected chi connectivity index (χ0v) is 12.9. The van der Waals surface area contributed by atoms with Crippen LogP contribution < -0.4 is 4.90 Å². The number of hydrogen-bond donors (Lipinski definition) is 0. The average Bonchev–Trinajstić information content (AvgIpc) is 2.63. The first kappa shape index (κ1) is 13.8. The van der Waals surface area contributed by atoms with Crippen LogP contribution in [-0.2, 0) is 6.54 Å². The van der Waals surface area contributed by atoms with Crippen molar-refractivity contribution in [2.45, 2.75) is 19.4 Å². The van der Waals surface area contributed by atoms with Crippen LogP contribution in [0, 0.1) is 0 Å². The summed E-state index contributed by atoms with van der Waals surface area (Å²) in [5, 5.41) is 0. The Balaban J connectivity index is 1.60. The SMILES string of the molecule is CC1CN(c2cnc(-c3ncccn3)nc2)Cc2ccccc21. The number of benzene rings is 1. The lowest BCUT2D eigenvalue weighted by molar-refractivity contribution is 0.638. The summed E-state index contributed by atoms with van der Waals surface area (Å²) in [6, 6.07) is 10.4. The van der Waals surface area contributed by atoms with E-state index in [0.717, 1.165) is 18.8 Å². The summed E-state index contributed by atoms with van der Waals surface area (Å²) in [6.45, 7) is 4.13. The average molecular weight is 303 g/mol. The highest BCUT2D eigenvalue weighted by molar-refractivity contribution is 5.51. The summed E-state index contributed by atoms with van der Waals surface area (Å²) in [5.41, 5.74) is 3.85. The lowest BCUT2D eigenvalue weighted by atomic mass is 9.91. The van der Waals surface area contributed by atoms with Gasteiger partial charge in [0.2, 0.25) is 0 Å². The Morgan fingerprint density at radius 1 is 0.913 bits per heavy atom. The van der Waals surface area contributed by atoms with E-state index in [-0.39, 0.29) is 0 Å². The molecule has 0 N–H and O–H groups in total. The third-order valence-electron chi connectivity index (χ3n) is 4.21. The van der Waals surface area contributed by atoms with E-state index in [9.17, 15) is 0 Å². The lowest BCUT2D eigenvalue weighted by Gasteiger charge is -2.34. The van der Waals surface area contributed by atoms with Gasteiger partial charge in [-0.2, -0.15) is 0 Å². The molecule has 0 saturated heterocycles. The van der Waals surface area contributed by atoms with E-state index < -0.39 is 0 Å². The van der Waals surface area contributed by atoms with Crippen LogP contribution >= 0.6 is 0 Å². The van der Waals surface area contributed by atoms with E-state index in [1.54, 1.807) is 18.5 Å². The second-order valence-electron chi connectivity index (χ2n) is 5.82. The van der Waals surface area contributed by atoms with E-state index in [0.29, 0.717) is 17.6 Å². The van der Waals surface area contributed by atoms with Crippen molar-refractivity contribution < 1.29 is 0 Å². The molecule has 0 aliphatic carbocycles. The number of rotatable bonds is 2. The number of anilines is 1. The predicted octanol–water partition coefficient (Wildman–Crippen LogP) is 3.06. The van der Waals surface area contributed by atoms with Crippen LogP contribution in [0.15, 0.2) is 55.1 Å². The zero-order valence-electron chi connectivity index (χ0n) is 12.9. The van der Waals surface area contributed by atoms with Gasteiger partial charge in [0.15, 0.2) is 11.6 Å². The molecule has 4 rings (SSSR count). The zero-order chi connectivity index (χ0) is 15.6. The third kappa shape index (κ3) is 2.65. The molecule has 3 heterocycles. The maximum Gasteiger partial charge on any atom is 0.197 e. The van der Waals surface area contributed by atoms with Gasteiger partial charge in [0.05, 0.1) is 18.1 Å². The summed E-state index contributed by atoms with van der Waals surface area (Å²) in [4.78, 5) is 19.5. The molecule has 0 bridgehead atoms. The minimum atomic E-state index is 0.497. The molecule has 0 radical (unpaired) electrons. The molecule has 5 nitrogen and oxygen atoms in total. The quantitative estimate of drug-likeness (QED) is 0.728. The third-order valence-corrected chi connectivity index (χ3v) is 4.21. The van der Waals surface area contributed by atoms with Crippen LogP contribution in [0.3, 0.4) is 0 Å². The molecule has 5 heteroatoms. The van der Waals surface area contributed by atoms with E-state index in [1.807, 2.05) is 12.4 Å². The number of nitrogens with zero attached hydrogens (tertiary/aromatic N) is 5. The monoisotopic (exact) mass is 303 g/mol. The molecular weight excluding hydrogens is 286 g/mol. The van der Waals surface area contributed by atoms with Crippen molar-refractivity contribution in [3.8, 4) is 11.6 Å². The predicted molar refractivity (Wildman–Crippen MR) is 89.0 cm³/mol. The Labute approximate surface area is 135 Å². The maximum absolute atomic E-state index is 4.43. The van der Waals surface area contributed by atoms with Crippen molar-refractivity contribution >= 4 is 5.69 Å². The number of hydrogen-bond acceptors (Lipinski definition) is 5. The summed E-state index contributed by atoms with van der Waals surface area (Å²) in [6.07, 6.45) is 7.12. The summed E-state index contributed by atoms with van der Waals surface area (Å²) in [7, 11) is 0. The van der Waals surface area contributed by atoms with Crippen LogP contribution in [0.25, 0.3) is 11.6 Å². The van der Waals surface area contributed by atoms with Gasteiger partial charge in [0.25, 0.3) is 0 Å². The Hall–Kier alpha value is -2.82. The van der Waals surface area contributed by atoms with Gasteiger partial charge in [-0.3, -0.25) is 0 Å². The maximum atomic E-state index is 4.43. The molecule has 3 aromatic rings. The van der Waals surface area contributed by atoms with Crippen molar-refractivity contribution in [3.63, 3.8) is 0 Å². The van der Waals surface area contributed by atoms with Gasteiger partial charge in [-0.25, -0.2) is 19.9 Å². The molecule has 1 aliphatic rings. The van der Waals surface area contributed by atoms with Gasteiger partial charge >= 0.3 is 0 Å². The largest absolute Gasteiger partial charge is 0.364 e. The fraction of sp³-hybridized carbons (Fsp3) is 0.222. The van der Waals surface area contributed by atoms with Crippen LogP contribution in [-0.4, -0.2) is 26.5 Å². The lowest BCUT2D eigenvalue weighted by Crippen LogP contribution is -2.32. The smallest absolute Gasteiger partial charge is 0.197 e. The van der Waals surface area contributed by atoms with Gasteiger partial charge in [0, 0.05) is 25.5 Å². The molecule has 1 atom stereocenters. The van der Waals surface area contributed by atoms with Crippen molar-refractivity contribution in [1.82, 2.24) is 19.9 Å². The fourth-order valence-electron chi connectivity index (χ4n) is 3.07. The first-order valence-corrected chi connectivity index (χ1v) is 7.73. The van der Waals surface area contributed by atoms with Crippen molar-refractivity contribution in [1.29, 1.82) is 0 Å². The topological polar surface area (TPSA) is 54.8 Å². The Kier molecular flexibility index (Phi) is 3.46. The summed E-state index contributed by atoms with van der Waals surface area (Å²) in [5.74, 6) is 1.60. The molecule has 114 valence electrons. The Morgan fingerprint density at radius 2 is 1.61 bits per heavy atom. The molecular formula is C18H17N5. The summed E-state index contributed by atoms with van der Waals surface area (Å²) < 4.78 is 0. The number of fused-ring (bicyclic) bond motifs is 1. The Morgan fingerprint density at radius 3 is 2.39 bits per heavy atom. The van der Waals surface area contributed by atoms with Gasteiger partial charge in [-0.1, -0.05) is 31.2 Å². The second-order valence-corrected chi connectivity index (χ2v) is 5.82. The molecule has 1 aliphatic heterocycles. The van der Waals surface area contributed by atoms with Gasteiger partial charge in [-0.05, 0) is 23.1 Å². The Bertz CT molecular complexity index is 801. The molecule has 1 aromatic carbocycles. The highest BCUT2D eigenvalue weighted by Crippen LogP contribution is 2.30. The fourth-order valence-corrected chi connectivity index (χ4v) is 3.07. The highest BCUT2D eigenvalue weighted by Gasteiger charge is 2.22.